The molecule has 1 aliphatic heterocycles. The van der Waals surface area contributed by atoms with Crippen LogP contribution in [-0.2, 0) is 16.0 Å². The van der Waals surface area contributed by atoms with Gasteiger partial charge in [-0.25, -0.2) is 4.79 Å². The normalized spacial score (nSPS) is 16.6. The minimum Gasteiger partial charge on any atom is -0.354 e. The van der Waals surface area contributed by atoms with Crippen LogP contribution >= 0.6 is 0 Å². The van der Waals surface area contributed by atoms with E-state index in [4.69, 9.17) is 0 Å². The van der Waals surface area contributed by atoms with Crippen LogP contribution in [0.15, 0.2) is 48.5 Å². The fourth-order valence-electron chi connectivity index (χ4n) is 3.34. The molecule has 0 unspecified atom stereocenters. The second kappa shape index (κ2) is 8.25. The zero-order valence-electron chi connectivity index (χ0n) is 16.4. The second-order valence-corrected chi connectivity index (χ2v) is 7.11. The van der Waals surface area contributed by atoms with Gasteiger partial charge in [0.2, 0.25) is 5.91 Å². The Morgan fingerprint density at radius 3 is 2.39 bits per heavy atom. The molecule has 1 saturated heterocycles. The van der Waals surface area contributed by atoms with Gasteiger partial charge in [0.15, 0.2) is 0 Å². The highest BCUT2D eigenvalue weighted by molar-refractivity contribution is 6.15. The molecule has 1 atom stereocenters. The van der Waals surface area contributed by atoms with E-state index in [-0.39, 0.29) is 18.4 Å². The van der Waals surface area contributed by atoms with Crippen LogP contribution in [0.1, 0.15) is 23.6 Å². The lowest BCUT2D eigenvalue weighted by atomic mass is 10.1. The van der Waals surface area contributed by atoms with Crippen LogP contribution in [0, 0.1) is 13.8 Å². The number of aryl methyl sites for hydroxylation is 2. The molecule has 1 fully saturated rings. The Morgan fingerprint density at radius 1 is 1.04 bits per heavy atom. The fraction of sp³-hybridized carbons (Fsp3) is 0.318. The number of amides is 4. The molecule has 28 heavy (non-hydrogen) atoms. The molecule has 146 valence electrons. The molecule has 2 aromatic rings. The topological polar surface area (TPSA) is 69.7 Å². The van der Waals surface area contributed by atoms with Crippen molar-refractivity contribution >= 4 is 23.5 Å². The molecular weight excluding hydrogens is 354 g/mol. The van der Waals surface area contributed by atoms with Gasteiger partial charge in [0.25, 0.3) is 5.91 Å². The first-order chi connectivity index (χ1) is 13.4. The standard InChI is InChI=1S/C22H25N3O3/c1-15-8-10-19(11-9-15)25-17(3)21(27)24(22(25)28)14-20(26)23-13-12-18-7-5-4-6-16(18)2/h4-11,17H,12-14H2,1-3H3,(H,23,26)/t17-/m0/s1. The van der Waals surface area contributed by atoms with Gasteiger partial charge in [-0.1, -0.05) is 42.0 Å². The van der Waals surface area contributed by atoms with Gasteiger partial charge >= 0.3 is 6.03 Å². The summed E-state index contributed by atoms with van der Waals surface area (Å²) in [4.78, 5) is 40.0. The average molecular weight is 379 g/mol. The quantitative estimate of drug-likeness (QED) is 0.785. The molecular formula is C22H25N3O3. The van der Waals surface area contributed by atoms with E-state index in [2.05, 4.69) is 5.32 Å². The zero-order valence-corrected chi connectivity index (χ0v) is 16.4. The first kappa shape index (κ1) is 19.6. The van der Waals surface area contributed by atoms with E-state index in [0.29, 0.717) is 18.7 Å². The molecule has 3 rings (SSSR count). The predicted molar refractivity (Wildman–Crippen MR) is 108 cm³/mol. The SMILES string of the molecule is Cc1ccc(N2C(=O)N(CC(=O)NCCc3ccccc3C)C(=O)[C@@H]2C)cc1. The van der Waals surface area contributed by atoms with Crippen molar-refractivity contribution in [1.82, 2.24) is 10.2 Å². The van der Waals surface area contributed by atoms with E-state index in [1.165, 1.54) is 10.5 Å². The lowest BCUT2D eigenvalue weighted by Crippen LogP contribution is -2.42. The van der Waals surface area contributed by atoms with Crippen LogP contribution in [0.2, 0.25) is 0 Å². The number of hydrogen-bond acceptors (Lipinski definition) is 3. The largest absolute Gasteiger partial charge is 0.354 e. The fourth-order valence-corrected chi connectivity index (χ4v) is 3.34. The summed E-state index contributed by atoms with van der Waals surface area (Å²) in [5, 5.41) is 2.80. The Hall–Kier alpha value is -3.15. The van der Waals surface area contributed by atoms with Crippen LogP contribution in [0.3, 0.4) is 0 Å². The molecule has 4 amide bonds. The highest BCUT2D eigenvalue weighted by Gasteiger charge is 2.43. The van der Waals surface area contributed by atoms with Crippen LogP contribution in [0.4, 0.5) is 10.5 Å². The van der Waals surface area contributed by atoms with Crippen molar-refractivity contribution in [2.75, 3.05) is 18.0 Å². The number of imide groups is 1. The third-order valence-corrected chi connectivity index (χ3v) is 5.04. The Kier molecular flexibility index (Phi) is 5.78. The van der Waals surface area contributed by atoms with Crippen molar-refractivity contribution in [3.8, 4) is 0 Å². The monoisotopic (exact) mass is 379 g/mol. The summed E-state index contributed by atoms with van der Waals surface area (Å²) in [5.41, 5.74) is 4.05. The van der Waals surface area contributed by atoms with E-state index in [1.54, 1.807) is 6.92 Å². The van der Waals surface area contributed by atoms with Crippen LogP contribution in [-0.4, -0.2) is 41.9 Å². The molecule has 1 heterocycles. The summed E-state index contributed by atoms with van der Waals surface area (Å²) in [7, 11) is 0. The van der Waals surface area contributed by atoms with E-state index in [0.717, 1.165) is 16.0 Å². The van der Waals surface area contributed by atoms with Gasteiger partial charge in [-0.2, -0.15) is 0 Å². The third kappa shape index (κ3) is 4.06. The maximum atomic E-state index is 12.7. The molecule has 0 bridgehead atoms. The Labute approximate surface area is 165 Å². The van der Waals surface area contributed by atoms with Crippen molar-refractivity contribution in [2.24, 2.45) is 0 Å². The van der Waals surface area contributed by atoms with E-state index in [9.17, 15) is 14.4 Å². The highest BCUT2D eigenvalue weighted by atomic mass is 16.2. The smallest absolute Gasteiger partial charge is 0.332 e. The zero-order chi connectivity index (χ0) is 20.3. The molecule has 0 spiro atoms. The van der Waals surface area contributed by atoms with Gasteiger partial charge in [0.05, 0.1) is 0 Å². The number of hydrogen-bond donors (Lipinski definition) is 1. The molecule has 1 N–H and O–H groups in total. The predicted octanol–water partition coefficient (Wildman–Crippen LogP) is 2.82. The van der Waals surface area contributed by atoms with Crippen LogP contribution in [0.5, 0.6) is 0 Å². The minimum atomic E-state index is -0.630. The average Bonchev–Trinajstić information content (AvgIpc) is 2.88. The number of carbonyl (C=O) groups is 3. The Bertz CT molecular complexity index is 892. The number of nitrogens with one attached hydrogen (secondary N) is 1. The van der Waals surface area contributed by atoms with Gasteiger partial charge in [-0.05, 0) is 50.5 Å². The van der Waals surface area contributed by atoms with Crippen molar-refractivity contribution in [3.05, 3.63) is 65.2 Å². The third-order valence-electron chi connectivity index (χ3n) is 5.04. The number of carbonyl (C=O) groups excluding carboxylic acids is 3. The maximum Gasteiger partial charge on any atom is 0.332 e. The molecule has 6 nitrogen and oxygen atoms in total. The van der Waals surface area contributed by atoms with Crippen molar-refractivity contribution in [1.29, 1.82) is 0 Å². The lowest BCUT2D eigenvalue weighted by molar-refractivity contribution is -0.131. The molecule has 0 aromatic heterocycles. The van der Waals surface area contributed by atoms with Crippen molar-refractivity contribution < 1.29 is 14.4 Å². The van der Waals surface area contributed by atoms with Gasteiger partial charge in [-0.3, -0.25) is 19.4 Å². The maximum absolute atomic E-state index is 12.7. The molecule has 2 aromatic carbocycles. The number of rotatable bonds is 6. The van der Waals surface area contributed by atoms with E-state index in [1.807, 2.05) is 62.4 Å². The molecule has 0 aliphatic carbocycles. The first-order valence-electron chi connectivity index (χ1n) is 9.41. The molecule has 0 radical (unpaired) electrons. The minimum absolute atomic E-state index is 0.266. The molecule has 0 saturated carbocycles. The molecule has 6 heteroatoms. The summed E-state index contributed by atoms with van der Waals surface area (Å²) in [5.74, 6) is -0.701. The van der Waals surface area contributed by atoms with Crippen LogP contribution < -0.4 is 10.2 Å². The first-order valence-corrected chi connectivity index (χ1v) is 9.41. The van der Waals surface area contributed by atoms with E-state index < -0.39 is 12.1 Å². The Balaban J connectivity index is 1.59. The lowest BCUT2D eigenvalue weighted by Gasteiger charge is -2.19. The van der Waals surface area contributed by atoms with Gasteiger partial charge < -0.3 is 5.32 Å². The number of benzene rings is 2. The van der Waals surface area contributed by atoms with Gasteiger partial charge in [-0.15, -0.1) is 0 Å². The second-order valence-electron chi connectivity index (χ2n) is 7.11. The molecule has 1 aliphatic rings. The summed E-state index contributed by atoms with van der Waals surface area (Å²) in [6.07, 6.45) is 0.701. The van der Waals surface area contributed by atoms with E-state index >= 15 is 0 Å². The number of anilines is 1. The van der Waals surface area contributed by atoms with Crippen LogP contribution in [0.25, 0.3) is 0 Å². The van der Waals surface area contributed by atoms with Crippen molar-refractivity contribution in [2.45, 2.75) is 33.2 Å². The summed E-state index contributed by atoms with van der Waals surface area (Å²) in [6.45, 7) is 5.85. The van der Waals surface area contributed by atoms with Gasteiger partial charge in [0, 0.05) is 12.2 Å². The van der Waals surface area contributed by atoms with Crippen molar-refractivity contribution in [3.63, 3.8) is 0 Å². The number of nitrogens with zero attached hydrogens (tertiary/aromatic N) is 2. The summed E-state index contributed by atoms with van der Waals surface area (Å²) >= 11 is 0. The highest BCUT2D eigenvalue weighted by Crippen LogP contribution is 2.25. The van der Waals surface area contributed by atoms with Gasteiger partial charge in [0.1, 0.15) is 12.6 Å². The summed E-state index contributed by atoms with van der Waals surface area (Å²) in [6, 6.07) is 14.3. The number of urea groups is 1. The Morgan fingerprint density at radius 2 is 1.71 bits per heavy atom. The summed E-state index contributed by atoms with van der Waals surface area (Å²) < 4.78 is 0.